The molecule has 6 heteroatoms. The number of nitrogens with zero attached hydrogens (tertiary/aromatic N) is 1. The molecule has 2 N–H and O–H groups in total. The molecule has 1 atom stereocenters. The minimum absolute atomic E-state index is 0.0494. The summed E-state index contributed by atoms with van der Waals surface area (Å²) in [7, 11) is -2.85. The molecule has 0 spiro atoms. The van der Waals surface area contributed by atoms with Gasteiger partial charge in [-0.3, -0.25) is 4.90 Å². The van der Waals surface area contributed by atoms with Crippen LogP contribution in [-0.4, -0.2) is 48.9 Å². The van der Waals surface area contributed by atoms with Crippen LogP contribution in [0.3, 0.4) is 0 Å². The largest absolute Gasteiger partial charge is 0.392 e. The summed E-state index contributed by atoms with van der Waals surface area (Å²) in [6.45, 7) is 3.34. The molecule has 0 saturated carbocycles. The number of rotatable bonds is 3. The van der Waals surface area contributed by atoms with E-state index in [0.717, 1.165) is 13.0 Å². The van der Waals surface area contributed by atoms with Crippen LogP contribution in [0.4, 0.5) is 0 Å². The topological polar surface area (TPSA) is 63.4 Å². The Bertz CT molecular complexity index is 327. The molecule has 1 aliphatic heterocycles. The van der Waals surface area contributed by atoms with E-state index in [-0.39, 0.29) is 17.5 Å². The van der Waals surface area contributed by atoms with Crippen LogP contribution in [0.25, 0.3) is 0 Å². The van der Waals surface area contributed by atoms with E-state index in [9.17, 15) is 8.42 Å². The van der Waals surface area contributed by atoms with Crippen molar-refractivity contribution in [2.24, 2.45) is 5.73 Å². The summed E-state index contributed by atoms with van der Waals surface area (Å²) in [5.74, 6) is 0.517. The van der Waals surface area contributed by atoms with Crippen LogP contribution >= 0.6 is 12.2 Å². The molecule has 0 aromatic carbocycles. The van der Waals surface area contributed by atoms with Crippen molar-refractivity contribution in [3.8, 4) is 0 Å². The molecule has 0 aromatic rings. The molecule has 0 radical (unpaired) electrons. The van der Waals surface area contributed by atoms with Gasteiger partial charge in [0.05, 0.1) is 22.5 Å². The summed E-state index contributed by atoms with van der Waals surface area (Å²) in [6, 6.07) is 0.0494. The first-order valence-corrected chi connectivity index (χ1v) is 7.43. The molecule has 0 bridgehead atoms. The molecule has 0 amide bonds. The number of sulfone groups is 1. The van der Waals surface area contributed by atoms with E-state index >= 15 is 0 Å². The highest BCUT2D eigenvalue weighted by atomic mass is 32.2. The highest BCUT2D eigenvalue weighted by molar-refractivity contribution is 7.91. The molecule has 1 heterocycles. The fourth-order valence-electron chi connectivity index (χ4n) is 1.91. The fraction of sp³-hybridized carbons (Fsp3) is 0.889. The lowest BCUT2D eigenvalue weighted by molar-refractivity contribution is 0.256. The van der Waals surface area contributed by atoms with Gasteiger partial charge in [0.25, 0.3) is 0 Å². The Hall–Kier alpha value is -0.200. The normalized spacial score (nSPS) is 24.3. The molecule has 1 saturated heterocycles. The quantitative estimate of drug-likeness (QED) is 0.724. The van der Waals surface area contributed by atoms with Gasteiger partial charge in [0.1, 0.15) is 0 Å². The van der Waals surface area contributed by atoms with E-state index in [1.807, 2.05) is 6.92 Å². The van der Waals surface area contributed by atoms with Crippen molar-refractivity contribution in [3.05, 3.63) is 0 Å². The zero-order chi connectivity index (χ0) is 11.5. The lowest BCUT2D eigenvalue weighted by atomic mass is 10.2. The predicted molar refractivity (Wildman–Crippen MR) is 65.7 cm³/mol. The average molecular weight is 250 g/mol. The Labute approximate surface area is 96.7 Å². The van der Waals surface area contributed by atoms with Crippen LogP contribution < -0.4 is 5.73 Å². The van der Waals surface area contributed by atoms with Gasteiger partial charge in [-0.2, -0.15) is 0 Å². The Morgan fingerprint density at radius 3 is 2.67 bits per heavy atom. The van der Waals surface area contributed by atoms with Crippen molar-refractivity contribution < 1.29 is 8.42 Å². The lowest BCUT2D eigenvalue weighted by Gasteiger charge is -2.28. The first kappa shape index (κ1) is 12.9. The minimum Gasteiger partial charge on any atom is -0.392 e. The highest BCUT2D eigenvalue weighted by Gasteiger charge is 2.24. The average Bonchev–Trinajstić information content (AvgIpc) is 2.28. The molecular weight excluding hydrogens is 232 g/mol. The van der Waals surface area contributed by atoms with Crippen molar-refractivity contribution in [1.29, 1.82) is 0 Å². The van der Waals surface area contributed by atoms with E-state index in [0.29, 0.717) is 18.0 Å². The van der Waals surface area contributed by atoms with Crippen molar-refractivity contribution in [3.63, 3.8) is 0 Å². The van der Waals surface area contributed by atoms with Crippen molar-refractivity contribution in [2.45, 2.75) is 25.8 Å². The Kier molecular flexibility index (Phi) is 4.48. The maximum Gasteiger partial charge on any atom is 0.151 e. The van der Waals surface area contributed by atoms with Gasteiger partial charge in [-0.25, -0.2) is 8.42 Å². The van der Waals surface area contributed by atoms with Gasteiger partial charge in [-0.1, -0.05) is 19.1 Å². The van der Waals surface area contributed by atoms with Crippen LogP contribution in [0.1, 0.15) is 19.8 Å². The smallest absolute Gasteiger partial charge is 0.151 e. The predicted octanol–water partition coefficient (Wildman–Crippen LogP) is 0.172. The molecule has 4 nitrogen and oxygen atoms in total. The van der Waals surface area contributed by atoms with Gasteiger partial charge in [-0.15, -0.1) is 0 Å². The second-order valence-corrected chi connectivity index (χ2v) is 6.64. The molecule has 1 aliphatic rings. The summed E-state index contributed by atoms with van der Waals surface area (Å²) in [5, 5.41) is 0. The maximum absolute atomic E-state index is 11.4. The Morgan fingerprint density at radius 2 is 2.13 bits per heavy atom. The van der Waals surface area contributed by atoms with E-state index in [2.05, 4.69) is 4.90 Å². The van der Waals surface area contributed by atoms with Gasteiger partial charge in [-0.05, 0) is 19.4 Å². The number of thiocarbonyl (C=S) groups is 1. The third-order valence-electron chi connectivity index (χ3n) is 2.75. The van der Waals surface area contributed by atoms with Crippen LogP contribution in [0.2, 0.25) is 0 Å². The molecular formula is C9H18N2O2S2. The van der Waals surface area contributed by atoms with Gasteiger partial charge >= 0.3 is 0 Å². The molecule has 0 aromatic heterocycles. The summed E-state index contributed by atoms with van der Waals surface area (Å²) < 4.78 is 22.8. The molecule has 15 heavy (non-hydrogen) atoms. The third kappa shape index (κ3) is 3.70. The summed E-state index contributed by atoms with van der Waals surface area (Å²) in [5.41, 5.74) is 5.64. The van der Waals surface area contributed by atoms with Crippen LogP contribution in [-0.2, 0) is 9.84 Å². The van der Waals surface area contributed by atoms with Crippen molar-refractivity contribution in [1.82, 2.24) is 4.90 Å². The second-order valence-electron chi connectivity index (χ2n) is 3.87. The third-order valence-corrected chi connectivity index (χ3v) is 4.73. The van der Waals surface area contributed by atoms with Crippen LogP contribution in [0.5, 0.6) is 0 Å². The second kappa shape index (κ2) is 5.23. The zero-order valence-corrected chi connectivity index (χ0v) is 10.6. The van der Waals surface area contributed by atoms with Gasteiger partial charge < -0.3 is 5.73 Å². The van der Waals surface area contributed by atoms with Crippen LogP contribution in [0.15, 0.2) is 0 Å². The Balaban J connectivity index is 2.68. The maximum atomic E-state index is 11.4. The number of hydrogen-bond donors (Lipinski definition) is 1. The lowest BCUT2D eigenvalue weighted by Crippen LogP contribution is -2.44. The first-order chi connectivity index (χ1) is 6.96. The summed E-state index contributed by atoms with van der Waals surface area (Å²) in [4.78, 5) is 2.56. The molecule has 88 valence electrons. The van der Waals surface area contributed by atoms with E-state index in [4.69, 9.17) is 18.0 Å². The number of nitrogens with two attached hydrogens (primary N) is 1. The molecule has 1 rings (SSSR count). The van der Waals surface area contributed by atoms with E-state index in [1.54, 1.807) is 0 Å². The fourth-order valence-corrected chi connectivity index (χ4v) is 3.51. The minimum atomic E-state index is -2.85. The summed E-state index contributed by atoms with van der Waals surface area (Å²) in [6.07, 6.45) is 1.52. The van der Waals surface area contributed by atoms with Crippen LogP contribution in [0, 0.1) is 0 Å². The standard InChI is InChI=1S/C9H18N2O2S2/c1-2-8(9(10)14)11-4-3-6-15(12,13)7-5-11/h8H,2-7H2,1H3,(H2,10,14). The van der Waals surface area contributed by atoms with E-state index < -0.39 is 9.84 Å². The van der Waals surface area contributed by atoms with Gasteiger partial charge in [0, 0.05) is 6.54 Å². The first-order valence-electron chi connectivity index (χ1n) is 5.20. The number of hydrogen-bond acceptors (Lipinski definition) is 4. The zero-order valence-electron chi connectivity index (χ0n) is 8.98. The van der Waals surface area contributed by atoms with Gasteiger partial charge in [0.2, 0.25) is 0 Å². The monoisotopic (exact) mass is 250 g/mol. The molecule has 1 fully saturated rings. The summed E-state index contributed by atoms with van der Waals surface area (Å²) >= 11 is 4.99. The molecule has 0 aliphatic carbocycles. The van der Waals surface area contributed by atoms with Gasteiger partial charge in [0.15, 0.2) is 9.84 Å². The van der Waals surface area contributed by atoms with E-state index in [1.165, 1.54) is 0 Å². The molecule has 1 unspecified atom stereocenters. The SMILES string of the molecule is CCC(C(N)=S)N1CCCS(=O)(=O)CC1. The Morgan fingerprint density at radius 1 is 1.47 bits per heavy atom. The van der Waals surface area contributed by atoms with Crippen molar-refractivity contribution in [2.75, 3.05) is 24.6 Å². The van der Waals surface area contributed by atoms with Crippen molar-refractivity contribution >= 4 is 27.0 Å². The highest BCUT2D eigenvalue weighted by Crippen LogP contribution is 2.11.